The van der Waals surface area contributed by atoms with E-state index in [1.165, 1.54) is 5.56 Å². The van der Waals surface area contributed by atoms with Crippen molar-refractivity contribution in [2.75, 3.05) is 11.1 Å². The fraction of sp³-hybridized carbons (Fsp3) is 0.250. The van der Waals surface area contributed by atoms with E-state index in [1.807, 2.05) is 50.2 Å². The van der Waals surface area contributed by atoms with Crippen LogP contribution in [0.3, 0.4) is 0 Å². The summed E-state index contributed by atoms with van der Waals surface area (Å²) in [5.41, 5.74) is 9.88. The summed E-state index contributed by atoms with van der Waals surface area (Å²) in [5, 5.41) is 3.35. The van der Waals surface area contributed by atoms with Gasteiger partial charge in [0, 0.05) is 5.69 Å². The zero-order valence-electron chi connectivity index (χ0n) is 11.6. The van der Waals surface area contributed by atoms with Crippen molar-refractivity contribution in [1.82, 2.24) is 0 Å². The number of nitrogen functional groups attached to an aromatic ring is 1. The number of anilines is 3. The van der Waals surface area contributed by atoms with Gasteiger partial charge in [0.25, 0.3) is 0 Å². The molecule has 3 nitrogen and oxygen atoms in total. The molecule has 0 atom stereocenters. The molecule has 2 rings (SSSR count). The Labute approximate surface area is 114 Å². The molecule has 0 spiro atoms. The summed E-state index contributed by atoms with van der Waals surface area (Å²) in [6.07, 6.45) is 0.107. The zero-order valence-corrected chi connectivity index (χ0v) is 11.6. The maximum Gasteiger partial charge on any atom is 0.144 e. The summed E-state index contributed by atoms with van der Waals surface area (Å²) in [4.78, 5) is 0. The molecule has 19 heavy (non-hydrogen) atoms. The van der Waals surface area contributed by atoms with Crippen molar-refractivity contribution in [3.8, 4) is 5.75 Å². The van der Waals surface area contributed by atoms with Gasteiger partial charge in [-0.15, -0.1) is 0 Å². The van der Waals surface area contributed by atoms with Gasteiger partial charge in [-0.1, -0.05) is 24.3 Å². The molecule has 100 valence electrons. The minimum absolute atomic E-state index is 0.107. The highest BCUT2D eigenvalue weighted by molar-refractivity contribution is 5.78. The molecular weight excluding hydrogens is 236 g/mol. The molecule has 0 unspecified atom stereocenters. The Balaban J connectivity index is 2.28. The van der Waals surface area contributed by atoms with E-state index in [-0.39, 0.29) is 6.10 Å². The fourth-order valence-electron chi connectivity index (χ4n) is 1.87. The highest BCUT2D eigenvalue weighted by atomic mass is 16.5. The Kier molecular flexibility index (Phi) is 3.95. The molecule has 0 fully saturated rings. The van der Waals surface area contributed by atoms with E-state index in [2.05, 4.69) is 18.3 Å². The molecular formula is C16H20N2O. The third-order valence-corrected chi connectivity index (χ3v) is 2.84. The number of nitrogens with one attached hydrogen (secondary N) is 1. The number of ether oxygens (including phenoxy) is 1. The average Bonchev–Trinajstić information content (AvgIpc) is 2.36. The van der Waals surface area contributed by atoms with Crippen molar-refractivity contribution >= 4 is 17.1 Å². The van der Waals surface area contributed by atoms with Gasteiger partial charge in [0.15, 0.2) is 0 Å². The van der Waals surface area contributed by atoms with Crippen LogP contribution in [0.4, 0.5) is 17.1 Å². The first kappa shape index (κ1) is 13.3. The van der Waals surface area contributed by atoms with Crippen LogP contribution in [0.2, 0.25) is 0 Å². The largest absolute Gasteiger partial charge is 0.489 e. The van der Waals surface area contributed by atoms with Crippen LogP contribution < -0.4 is 15.8 Å². The molecule has 0 aliphatic rings. The second kappa shape index (κ2) is 5.65. The highest BCUT2D eigenvalue weighted by Gasteiger charge is 2.08. The molecule has 0 bridgehead atoms. The Hall–Kier alpha value is -2.16. The normalized spacial score (nSPS) is 10.5. The first-order valence-electron chi connectivity index (χ1n) is 6.45. The summed E-state index contributed by atoms with van der Waals surface area (Å²) in [6, 6.07) is 13.9. The van der Waals surface area contributed by atoms with E-state index in [4.69, 9.17) is 10.5 Å². The van der Waals surface area contributed by atoms with E-state index in [9.17, 15) is 0 Å². The quantitative estimate of drug-likeness (QED) is 0.809. The minimum Gasteiger partial charge on any atom is -0.489 e. The third-order valence-electron chi connectivity index (χ3n) is 2.84. The molecule has 2 aromatic carbocycles. The fourth-order valence-corrected chi connectivity index (χ4v) is 1.87. The molecule has 0 amide bonds. The maximum absolute atomic E-state index is 6.14. The van der Waals surface area contributed by atoms with Gasteiger partial charge in [-0.2, -0.15) is 0 Å². The summed E-state index contributed by atoms with van der Waals surface area (Å²) < 4.78 is 5.69. The van der Waals surface area contributed by atoms with Gasteiger partial charge in [0.2, 0.25) is 0 Å². The number of hydrogen-bond donors (Lipinski definition) is 2. The second-order valence-electron chi connectivity index (χ2n) is 4.82. The number of para-hydroxylation sites is 2. The first-order valence-corrected chi connectivity index (χ1v) is 6.45. The number of benzene rings is 2. The van der Waals surface area contributed by atoms with E-state index >= 15 is 0 Å². The lowest BCUT2D eigenvalue weighted by Crippen LogP contribution is -2.08. The van der Waals surface area contributed by atoms with Crippen LogP contribution in [-0.4, -0.2) is 6.10 Å². The molecule has 3 N–H and O–H groups in total. The van der Waals surface area contributed by atoms with Gasteiger partial charge in [-0.05, 0) is 44.5 Å². The minimum atomic E-state index is 0.107. The Morgan fingerprint density at radius 2 is 1.68 bits per heavy atom. The van der Waals surface area contributed by atoms with Gasteiger partial charge < -0.3 is 15.8 Å². The van der Waals surface area contributed by atoms with Crippen LogP contribution in [0.15, 0.2) is 42.5 Å². The van der Waals surface area contributed by atoms with E-state index in [1.54, 1.807) is 0 Å². The van der Waals surface area contributed by atoms with Crippen LogP contribution in [0.5, 0.6) is 5.75 Å². The highest BCUT2D eigenvalue weighted by Crippen LogP contribution is 2.32. The number of rotatable bonds is 4. The SMILES string of the molecule is Cc1ccccc1Nc1cccc(OC(C)C)c1N. The Morgan fingerprint density at radius 3 is 2.37 bits per heavy atom. The van der Waals surface area contributed by atoms with Gasteiger partial charge in [-0.3, -0.25) is 0 Å². The van der Waals surface area contributed by atoms with E-state index < -0.39 is 0 Å². The smallest absolute Gasteiger partial charge is 0.144 e. The maximum atomic E-state index is 6.14. The van der Waals surface area contributed by atoms with Crippen molar-refractivity contribution < 1.29 is 4.74 Å². The number of hydrogen-bond acceptors (Lipinski definition) is 3. The van der Waals surface area contributed by atoms with Gasteiger partial charge >= 0.3 is 0 Å². The number of aryl methyl sites for hydroxylation is 1. The Morgan fingerprint density at radius 1 is 1.00 bits per heavy atom. The summed E-state index contributed by atoms with van der Waals surface area (Å²) in [5.74, 6) is 0.716. The molecule has 0 aromatic heterocycles. The van der Waals surface area contributed by atoms with Gasteiger partial charge in [-0.25, -0.2) is 0 Å². The summed E-state index contributed by atoms with van der Waals surface area (Å²) in [6.45, 7) is 6.04. The lowest BCUT2D eigenvalue weighted by Gasteiger charge is -2.16. The van der Waals surface area contributed by atoms with E-state index in [0.29, 0.717) is 11.4 Å². The van der Waals surface area contributed by atoms with Crippen LogP contribution in [0.25, 0.3) is 0 Å². The standard InChI is InChI=1S/C16H20N2O/c1-11(2)19-15-10-6-9-14(16(15)17)18-13-8-5-4-7-12(13)3/h4-11,18H,17H2,1-3H3. The van der Waals surface area contributed by atoms with Crippen LogP contribution >= 0.6 is 0 Å². The van der Waals surface area contributed by atoms with Crippen molar-refractivity contribution in [2.24, 2.45) is 0 Å². The van der Waals surface area contributed by atoms with Crippen molar-refractivity contribution in [3.05, 3.63) is 48.0 Å². The lowest BCUT2D eigenvalue weighted by atomic mass is 10.2. The number of nitrogens with two attached hydrogens (primary N) is 1. The molecule has 0 heterocycles. The Bertz CT molecular complexity index is 564. The zero-order chi connectivity index (χ0) is 13.8. The van der Waals surface area contributed by atoms with Gasteiger partial charge in [0.05, 0.1) is 17.5 Å². The molecule has 0 radical (unpaired) electrons. The van der Waals surface area contributed by atoms with Crippen molar-refractivity contribution in [1.29, 1.82) is 0 Å². The molecule has 0 saturated carbocycles. The van der Waals surface area contributed by atoms with Crippen molar-refractivity contribution in [2.45, 2.75) is 26.9 Å². The van der Waals surface area contributed by atoms with E-state index in [0.717, 1.165) is 11.4 Å². The van der Waals surface area contributed by atoms with Crippen LogP contribution in [0.1, 0.15) is 19.4 Å². The summed E-state index contributed by atoms with van der Waals surface area (Å²) >= 11 is 0. The monoisotopic (exact) mass is 256 g/mol. The summed E-state index contributed by atoms with van der Waals surface area (Å²) in [7, 11) is 0. The van der Waals surface area contributed by atoms with Crippen molar-refractivity contribution in [3.63, 3.8) is 0 Å². The molecule has 3 heteroatoms. The molecule has 0 aliphatic carbocycles. The molecule has 0 saturated heterocycles. The predicted molar refractivity (Wildman–Crippen MR) is 81.1 cm³/mol. The van der Waals surface area contributed by atoms with Crippen LogP contribution in [-0.2, 0) is 0 Å². The second-order valence-corrected chi connectivity index (χ2v) is 4.82. The average molecular weight is 256 g/mol. The first-order chi connectivity index (χ1) is 9.08. The van der Waals surface area contributed by atoms with Crippen LogP contribution in [0, 0.1) is 6.92 Å². The predicted octanol–water partition coefficient (Wildman–Crippen LogP) is 4.11. The third kappa shape index (κ3) is 3.19. The molecule has 0 aliphatic heterocycles. The topological polar surface area (TPSA) is 47.3 Å². The lowest BCUT2D eigenvalue weighted by molar-refractivity contribution is 0.244. The molecule has 2 aromatic rings. The van der Waals surface area contributed by atoms with Gasteiger partial charge in [0.1, 0.15) is 5.75 Å².